The molecule has 2 aromatic heterocycles. The lowest BCUT2D eigenvalue weighted by atomic mass is 10.2. The van der Waals surface area contributed by atoms with Crippen LogP contribution in [0, 0.1) is 0 Å². The maximum absolute atomic E-state index is 12.4. The van der Waals surface area contributed by atoms with E-state index >= 15 is 0 Å². The van der Waals surface area contributed by atoms with Crippen molar-refractivity contribution in [2.75, 3.05) is 0 Å². The Labute approximate surface area is 243 Å². The molecule has 0 fully saturated rings. The van der Waals surface area contributed by atoms with E-state index in [1.54, 1.807) is 22.7 Å². The van der Waals surface area contributed by atoms with Gasteiger partial charge in [0.15, 0.2) is 0 Å². The summed E-state index contributed by atoms with van der Waals surface area (Å²) in [6, 6.07) is 49.2. The fourth-order valence-corrected chi connectivity index (χ4v) is 15.7. The zero-order valence-electron chi connectivity index (χ0n) is 21.6. The number of hydrogen-bond acceptors (Lipinski definition) is 4. The predicted octanol–water partition coefficient (Wildman–Crippen LogP) is 4.03. The van der Waals surface area contributed by atoms with Crippen molar-refractivity contribution in [1.82, 2.24) is 0 Å². The molecule has 0 bridgehead atoms. The van der Waals surface area contributed by atoms with Crippen LogP contribution in [0.2, 0.25) is 0 Å². The largest absolute Gasteiger partial charge is 0.420 e. The molecule has 0 radical (unpaired) electrons. The van der Waals surface area contributed by atoms with Crippen molar-refractivity contribution in [2.45, 2.75) is 0 Å². The summed E-state index contributed by atoms with van der Waals surface area (Å²) in [5.41, 5.74) is 0. The van der Waals surface area contributed by atoms with Crippen LogP contribution in [0.3, 0.4) is 0 Å². The van der Waals surface area contributed by atoms with E-state index in [0.29, 0.717) is 0 Å². The molecule has 0 aliphatic heterocycles. The van der Waals surface area contributed by atoms with E-state index in [2.05, 4.69) is 24.3 Å². The molecule has 0 atom stereocenters. The second-order valence-corrected chi connectivity index (χ2v) is 19.2. The summed E-state index contributed by atoms with van der Waals surface area (Å²) < 4.78 is 4.35. The van der Waals surface area contributed by atoms with Crippen molar-refractivity contribution in [3.63, 3.8) is 0 Å². The van der Waals surface area contributed by atoms with Gasteiger partial charge in [-0.15, -0.1) is 22.7 Å². The van der Waals surface area contributed by atoms with Crippen LogP contribution >= 0.6 is 22.7 Å². The lowest BCUT2D eigenvalue weighted by Gasteiger charge is -2.25. The maximum atomic E-state index is 12.4. The molecular formula is C34H26O2S2Si2. The van der Waals surface area contributed by atoms with Crippen molar-refractivity contribution < 1.29 is 9.59 Å². The summed E-state index contributed by atoms with van der Waals surface area (Å²) in [5.74, 6) is 0. The van der Waals surface area contributed by atoms with E-state index in [-0.39, 0.29) is 0 Å². The van der Waals surface area contributed by atoms with Crippen molar-refractivity contribution >= 4 is 89.2 Å². The second-order valence-electron chi connectivity index (χ2n) is 10.0. The summed E-state index contributed by atoms with van der Waals surface area (Å²) >= 11 is 3.37. The molecule has 0 aliphatic carbocycles. The topological polar surface area (TPSA) is 40.5 Å². The van der Waals surface area contributed by atoms with Gasteiger partial charge in [-0.1, -0.05) is 121 Å². The molecule has 40 heavy (non-hydrogen) atoms. The van der Waals surface area contributed by atoms with Gasteiger partial charge in [-0.3, -0.25) is 0 Å². The molecular weight excluding hydrogens is 561 g/mol. The molecule has 0 amide bonds. The third-order valence-electron chi connectivity index (χ3n) is 7.63. The molecule has 7 aromatic rings. The van der Waals surface area contributed by atoms with E-state index in [1.165, 1.54) is 0 Å². The quantitative estimate of drug-likeness (QED) is 0.289. The zero-order chi connectivity index (χ0) is 27.2. The molecule has 2 nitrogen and oxygen atoms in total. The predicted molar refractivity (Wildman–Crippen MR) is 177 cm³/mol. The fraction of sp³-hybridized carbons (Fsp3) is 0. The van der Waals surface area contributed by atoms with Gasteiger partial charge < -0.3 is 9.59 Å². The van der Waals surface area contributed by atoms with E-state index < -0.39 is 16.6 Å². The van der Waals surface area contributed by atoms with Gasteiger partial charge in [0.1, 0.15) is 0 Å². The Morgan fingerprint density at radius 2 is 0.650 bits per heavy atom. The van der Waals surface area contributed by atoms with Gasteiger partial charge in [0, 0.05) is 18.4 Å². The standard InChI is InChI=1S/C34H26O2S2Si2/c35-39(27-13-5-1-6-14-27,28-15-7-2-8-16-28)33-23-25-21-32-26(22-31(25)37-33)24-34(38-32)40(36,29-17-9-3-10-18-29)30-19-11-4-12-20-30/h1-24,35-36H. The normalized spacial score (nSPS) is 12.2. The third kappa shape index (κ3) is 4.12. The zero-order valence-corrected chi connectivity index (χ0v) is 25.2. The van der Waals surface area contributed by atoms with Gasteiger partial charge in [0.05, 0.1) is 0 Å². The molecule has 0 unspecified atom stereocenters. The molecule has 0 spiro atoms. The molecule has 0 saturated heterocycles. The average molecular weight is 587 g/mol. The van der Waals surface area contributed by atoms with E-state index in [0.717, 1.165) is 49.9 Å². The Morgan fingerprint density at radius 3 is 0.925 bits per heavy atom. The first-order valence-electron chi connectivity index (χ1n) is 13.2. The lowest BCUT2D eigenvalue weighted by Crippen LogP contribution is -2.66. The fourth-order valence-electron chi connectivity index (χ4n) is 5.55. The minimum atomic E-state index is -3.16. The first-order chi connectivity index (χ1) is 19.6. The van der Waals surface area contributed by atoms with Crippen molar-refractivity contribution in [3.8, 4) is 0 Å². The van der Waals surface area contributed by atoms with Crippen LogP contribution in [0.4, 0.5) is 0 Å². The smallest absolute Gasteiger partial charge is 0.295 e. The molecule has 0 saturated carbocycles. The Bertz CT molecular complexity index is 1650. The Morgan fingerprint density at radius 1 is 0.375 bits per heavy atom. The Balaban J connectivity index is 1.38. The summed E-state index contributed by atoms with van der Waals surface area (Å²) in [5, 5.41) is 6.20. The highest BCUT2D eigenvalue weighted by molar-refractivity contribution is 7.36. The Hall–Kier alpha value is -3.63. The summed E-state index contributed by atoms with van der Waals surface area (Å²) in [4.78, 5) is 24.9. The highest BCUT2D eigenvalue weighted by Gasteiger charge is 2.41. The van der Waals surface area contributed by atoms with Crippen LogP contribution in [-0.4, -0.2) is 26.2 Å². The minimum absolute atomic E-state index is 0.985. The highest BCUT2D eigenvalue weighted by atomic mass is 32.1. The van der Waals surface area contributed by atoms with E-state index in [9.17, 15) is 9.59 Å². The SMILES string of the molecule is O[Si](c1ccccc1)(c1ccccc1)c1cc2cc3sc([Si](O)(c4ccccc4)c4ccccc4)cc3cc2s1. The molecule has 194 valence electrons. The van der Waals surface area contributed by atoms with Crippen molar-refractivity contribution in [3.05, 3.63) is 146 Å². The van der Waals surface area contributed by atoms with Crippen LogP contribution in [-0.2, 0) is 0 Å². The molecule has 5 aromatic carbocycles. The molecule has 2 heterocycles. The summed E-state index contributed by atoms with van der Waals surface area (Å²) in [6.45, 7) is 0. The third-order valence-corrected chi connectivity index (χ3v) is 18.2. The van der Waals surface area contributed by atoms with Crippen molar-refractivity contribution in [2.24, 2.45) is 0 Å². The van der Waals surface area contributed by atoms with Gasteiger partial charge in [-0.25, -0.2) is 0 Å². The maximum Gasteiger partial charge on any atom is 0.295 e. The second kappa shape index (κ2) is 10.1. The molecule has 6 heteroatoms. The van der Waals surface area contributed by atoms with Gasteiger partial charge >= 0.3 is 0 Å². The number of benzene rings is 5. The first-order valence-corrected chi connectivity index (χ1v) is 18.7. The summed E-state index contributed by atoms with van der Waals surface area (Å²) in [6.07, 6.45) is 0. The molecule has 0 aliphatic rings. The van der Waals surface area contributed by atoms with Gasteiger partial charge in [-0.2, -0.15) is 0 Å². The van der Waals surface area contributed by atoms with E-state index in [1.807, 2.05) is 121 Å². The number of fused-ring (bicyclic) bond motifs is 2. The molecule has 2 N–H and O–H groups in total. The summed E-state index contributed by atoms with van der Waals surface area (Å²) in [7, 11) is -6.31. The lowest BCUT2D eigenvalue weighted by molar-refractivity contribution is 0.583. The van der Waals surface area contributed by atoms with Gasteiger partial charge in [0.25, 0.3) is 16.6 Å². The Kier molecular flexibility index (Phi) is 6.39. The number of rotatable bonds is 6. The monoisotopic (exact) mass is 586 g/mol. The van der Waals surface area contributed by atoms with Crippen molar-refractivity contribution in [1.29, 1.82) is 0 Å². The van der Waals surface area contributed by atoms with Crippen LogP contribution in [0.1, 0.15) is 0 Å². The van der Waals surface area contributed by atoms with Crippen LogP contribution < -0.4 is 29.7 Å². The molecule has 7 rings (SSSR count). The van der Waals surface area contributed by atoms with E-state index in [4.69, 9.17) is 0 Å². The van der Waals surface area contributed by atoms with Crippen LogP contribution in [0.25, 0.3) is 20.2 Å². The minimum Gasteiger partial charge on any atom is -0.420 e. The van der Waals surface area contributed by atoms with Crippen LogP contribution in [0.5, 0.6) is 0 Å². The highest BCUT2D eigenvalue weighted by Crippen LogP contribution is 2.30. The average Bonchev–Trinajstić information content (AvgIpc) is 3.64. The van der Waals surface area contributed by atoms with Gasteiger partial charge in [0.2, 0.25) is 0 Å². The first kappa shape index (κ1) is 25.3. The van der Waals surface area contributed by atoms with Crippen LogP contribution in [0.15, 0.2) is 146 Å². The number of hydrogen-bond donors (Lipinski definition) is 2. The van der Waals surface area contributed by atoms with Gasteiger partial charge in [-0.05, 0) is 55.8 Å². The number of thiophene rings is 2.